The second-order valence-corrected chi connectivity index (χ2v) is 9.46. The van der Waals surface area contributed by atoms with Crippen molar-refractivity contribution in [2.45, 2.75) is 65.0 Å². The highest BCUT2D eigenvalue weighted by atomic mass is 35.5. The van der Waals surface area contributed by atoms with E-state index < -0.39 is 36.9 Å². The molecule has 180 valence electrons. The molecule has 1 fully saturated rings. The van der Waals surface area contributed by atoms with Crippen LogP contribution in [0.4, 0.5) is 0 Å². The second kappa shape index (κ2) is 12.4. The number of benzene rings is 1. The second-order valence-electron chi connectivity index (χ2n) is 8.61. The number of carbonyl (C=O) groups is 4. The number of ketones is 1. The molecule has 0 saturated carbocycles. The largest absolute Gasteiger partial charge is 0.531 e. The van der Waals surface area contributed by atoms with Gasteiger partial charge in [-0.05, 0) is 44.4 Å². The number of hydrogen-bond donors (Lipinski definition) is 1. The van der Waals surface area contributed by atoms with Crippen LogP contribution in [-0.2, 0) is 28.4 Å². The van der Waals surface area contributed by atoms with Gasteiger partial charge in [0.1, 0.15) is 0 Å². The zero-order valence-corrected chi connectivity index (χ0v) is 20.6. The van der Waals surface area contributed by atoms with Crippen LogP contribution in [0.2, 0.25) is 15.9 Å². The lowest BCUT2D eigenvalue weighted by molar-refractivity contribution is -0.152. The van der Waals surface area contributed by atoms with Gasteiger partial charge in [-0.25, -0.2) is 0 Å². The Labute approximate surface area is 203 Å². The minimum Gasteiger partial charge on any atom is -0.507 e. The van der Waals surface area contributed by atoms with Gasteiger partial charge >= 0.3 is 19.1 Å². The first kappa shape index (κ1) is 27.2. The van der Waals surface area contributed by atoms with Crippen molar-refractivity contribution < 1.29 is 33.2 Å². The van der Waals surface area contributed by atoms with Gasteiger partial charge < -0.3 is 19.4 Å². The molecule has 1 N–H and O–H groups in total. The number of ether oxygens (including phenoxy) is 1. The maximum Gasteiger partial charge on any atom is 0.531 e. The fraction of sp³-hybridized carbons (Fsp3) is 0.545. The van der Waals surface area contributed by atoms with Crippen LogP contribution >= 0.6 is 23.2 Å². The summed E-state index contributed by atoms with van der Waals surface area (Å²) in [4.78, 5) is 49.0. The molecule has 1 aliphatic rings. The van der Waals surface area contributed by atoms with E-state index in [0.717, 1.165) is 0 Å². The summed E-state index contributed by atoms with van der Waals surface area (Å²) in [6.07, 6.45) is -1.08. The standard InChI is InChI=1S/C22H28BCl2NO7/c1-12(2)7-14(23-32-19(22(30)33-23)10-20(28)31-13(3)4)8-16(27)11-26-21(29)17-9-15(24)5-6-18(17)25/h5-6,9,12-14,19H,7-8,10-11H2,1-4H3,(H,26,29)/t14-,19+/m1/s1. The van der Waals surface area contributed by atoms with Gasteiger partial charge in [0.05, 0.1) is 29.7 Å². The quantitative estimate of drug-likeness (QED) is 0.363. The third kappa shape index (κ3) is 8.64. The van der Waals surface area contributed by atoms with Gasteiger partial charge in [0, 0.05) is 17.3 Å². The lowest BCUT2D eigenvalue weighted by atomic mass is 9.66. The van der Waals surface area contributed by atoms with Gasteiger partial charge in [0.25, 0.3) is 5.91 Å². The molecule has 0 aromatic heterocycles. The first-order chi connectivity index (χ1) is 15.5. The molecule has 0 aliphatic carbocycles. The van der Waals surface area contributed by atoms with Crippen LogP contribution in [0.25, 0.3) is 0 Å². The summed E-state index contributed by atoms with van der Waals surface area (Å²) in [5.41, 5.74) is 0.167. The van der Waals surface area contributed by atoms with Crippen LogP contribution in [0.1, 0.15) is 57.3 Å². The molecule has 2 rings (SSSR count). The van der Waals surface area contributed by atoms with Crippen LogP contribution in [0.5, 0.6) is 0 Å². The summed E-state index contributed by atoms with van der Waals surface area (Å²) < 4.78 is 16.0. The Morgan fingerprint density at radius 3 is 2.52 bits per heavy atom. The summed E-state index contributed by atoms with van der Waals surface area (Å²) >= 11 is 11.9. The smallest absolute Gasteiger partial charge is 0.507 e. The molecule has 1 amide bonds. The molecule has 1 aromatic carbocycles. The highest BCUT2D eigenvalue weighted by molar-refractivity contribution is 6.51. The Hall–Kier alpha value is -2.10. The van der Waals surface area contributed by atoms with E-state index in [4.69, 9.17) is 37.2 Å². The predicted molar refractivity (Wildman–Crippen MR) is 124 cm³/mol. The van der Waals surface area contributed by atoms with Crippen LogP contribution in [0, 0.1) is 5.92 Å². The summed E-state index contributed by atoms with van der Waals surface area (Å²) in [6.45, 7) is 7.11. The Bertz CT molecular complexity index is 893. The zero-order chi connectivity index (χ0) is 24.7. The Morgan fingerprint density at radius 1 is 1.18 bits per heavy atom. The van der Waals surface area contributed by atoms with E-state index in [2.05, 4.69) is 5.32 Å². The van der Waals surface area contributed by atoms with Crippen molar-refractivity contribution >= 4 is 53.9 Å². The highest BCUT2D eigenvalue weighted by Crippen LogP contribution is 2.31. The monoisotopic (exact) mass is 499 g/mol. The van der Waals surface area contributed by atoms with Gasteiger partial charge in [0.15, 0.2) is 11.9 Å². The maximum absolute atomic E-state index is 12.6. The molecule has 0 unspecified atom stereocenters. The lowest BCUT2D eigenvalue weighted by Gasteiger charge is -2.19. The fourth-order valence-corrected chi connectivity index (χ4v) is 3.82. The van der Waals surface area contributed by atoms with Crippen molar-refractivity contribution in [3.63, 3.8) is 0 Å². The van der Waals surface area contributed by atoms with E-state index in [-0.39, 0.29) is 47.8 Å². The third-order valence-electron chi connectivity index (χ3n) is 4.78. The normalized spacial score (nSPS) is 16.7. The van der Waals surface area contributed by atoms with Crippen molar-refractivity contribution in [3.8, 4) is 0 Å². The summed E-state index contributed by atoms with van der Waals surface area (Å²) in [5.74, 6) is -2.26. The molecule has 0 bridgehead atoms. The van der Waals surface area contributed by atoms with Gasteiger partial charge in [-0.1, -0.05) is 37.0 Å². The van der Waals surface area contributed by atoms with Crippen LogP contribution in [-0.4, -0.2) is 49.5 Å². The summed E-state index contributed by atoms with van der Waals surface area (Å²) in [6, 6.07) is 4.47. The maximum atomic E-state index is 12.6. The van der Waals surface area contributed by atoms with Gasteiger partial charge in [-0.3, -0.25) is 19.2 Å². The molecule has 33 heavy (non-hydrogen) atoms. The van der Waals surface area contributed by atoms with Crippen molar-refractivity contribution in [1.29, 1.82) is 0 Å². The molecule has 0 spiro atoms. The van der Waals surface area contributed by atoms with E-state index in [1.54, 1.807) is 19.9 Å². The van der Waals surface area contributed by atoms with E-state index in [9.17, 15) is 19.2 Å². The van der Waals surface area contributed by atoms with E-state index in [0.29, 0.717) is 11.4 Å². The third-order valence-corrected chi connectivity index (χ3v) is 5.35. The van der Waals surface area contributed by atoms with Gasteiger partial charge in [-0.15, -0.1) is 0 Å². The van der Waals surface area contributed by atoms with Crippen molar-refractivity contribution in [2.24, 2.45) is 5.92 Å². The summed E-state index contributed by atoms with van der Waals surface area (Å²) in [5, 5.41) is 3.10. The van der Waals surface area contributed by atoms with Crippen LogP contribution in [0.3, 0.4) is 0 Å². The van der Waals surface area contributed by atoms with E-state index in [1.807, 2.05) is 13.8 Å². The minimum atomic E-state index is -1.07. The van der Waals surface area contributed by atoms with E-state index in [1.165, 1.54) is 12.1 Å². The van der Waals surface area contributed by atoms with Crippen molar-refractivity contribution in [3.05, 3.63) is 33.8 Å². The lowest BCUT2D eigenvalue weighted by Crippen LogP contribution is -2.33. The number of rotatable bonds is 11. The number of halogens is 2. The van der Waals surface area contributed by atoms with Crippen molar-refractivity contribution in [2.75, 3.05) is 6.54 Å². The molecule has 1 aliphatic heterocycles. The molecule has 11 heteroatoms. The zero-order valence-electron chi connectivity index (χ0n) is 19.1. The number of amides is 1. The number of hydrogen-bond acceptors (Lipinski definition) is 7. The number of esters is 1. The van der Waals surface area contributed by atoms with E-state index >= 15 is 0 Å². The number of nitrogens with one attached hydrogen (secondary N) is 1. The Kier molecular flexibility index (Phi) is 10.2. The molecular weight excluding hydrogens is 472 g/mol. The highest BCUT2D eigenvalue weighted by Gasteiger charge is 2.46. The molecule has 1 heterocycles. The topological polar surface area (TPSA) is 108 Å². The molecule has 1 aromatic rings. The van der Waals surface area contributed by atoms with Gasteiger partial charge in [0.2, 0.25) is 0 Å². The Balaban J connectivity index is 1.96. The van der Waals surface area contributed by atoms with Gasteiger partial charge in [-0.2, -0.15) is 0 Å². The Morgan fingerprint density at radius 2 is 1.88 bits per heavy atom. The number of Topliss-reactive ketones (excluding diaryl/α,β-unsaturated/α-hetero) is 1. The molecule has 0 radical (unpaired) electrons. The number of carbonyl (C=O) groups excluding carboxylic acids is 4. The molecule has 1 saturated heterocycles. The SMILES string of the molecule is CC(C)C[C@H](CC(=O)CNC(=O)c1cc(Cl)ccc1Cl)B1OC(=O)[C@H](CC(=O)OC(C)C)O1. The van der Waals surface area contributed by atoms with Crippen LogP contribution < -0.4 is 5.32 Å². The van der Waals surface area contributed by atoms with Crippen LogP contribution in [0.15, 0.2) is 18.2 Å². The average Bonchev–Trinajstić information content (AvgIpc) is 3.06. The molecule has 8 nitrogen and oxygen atoms in total. The molecular formula is C22H28BCl2NO7. The first-order valence-corrected chi connectivity index (χ1v) is 11.5. The fourth-order valence-electron chi connectivity index (χ4n) is 3.44. The van der Waals surface area contributed by atoms with Crippen molar-refractivity contribution in [1.82, 2.24) is 5.32 Å². The predicted octanol–water partition coefficient (Wildman–Crippen LogP) is 3.87. The minimum absolute atomic E-state index is 0.0167. The summed E-state index contributed by atoms with van der Waals surface area (Å²) in [7, 11) is -0.959. The molecule has 2 atom stereocenters. The first-order valence-electron chi connectivity index (χ1n) is 10.8. The average molecular weight is 500 g/mol.